The fraction of sp³-hybridized carbons (Fsp3) is 0.359. The lowest BCUT2D eigenvalue weighted by Crippen LogP contribution is -2.46. The number of rotatable bonds is 9. The van der Waals surface area contributed by atoms with Gasteiger partial charge in [-0.15, -0.1) is 0 Å². The van der Waals surface area contributed by atoms with E-state index in [0.717, 1.165) is 47.7 Å². The zero-order valence-corrected chi connectivity index (χ0v) is 32.1. The number of hydrogen-bond acceptors (Lipinski definition) is 9. The topological polar surface area (TPSA) is 127 Å². The van der Waals surface area contributed by atoms with Gasteiger partial charge in [0.25, 0.3) is 5.56 Å². The highest BCUT2D eigenvalue weighted by Gasteiger charge is 2.49. The van der Waals surface area contributed by atoms with Crippen molar-refractivity contribution in [1.29, 1.82) is 0 Å². The maximum atomic E-state index is 13.9. The third-order valence-corrected chi connectivity index (χ3v) is 11.7. The lowest BCUT2D eigenvalue weighted by Gasteiger charge is -2.28. The van der Waals surface area contributed by atoms with Crippen molar-refractivity contribution in [1.82, 2.24) is 34.9 Å². The van der Waals surface area contributed by atoms with Crippen molar-refractivity contribution in [2.24, 2.45) is 7.05 Å². The number of hydrogen-bond donors (Lipinski definition) is 2. The van der Waals surface area contributed by atoms with Crippen molar-refractivity contribution in [3.05, 3.63) is 91.9 Å². The lowest BCUT2D eigenvalue weighted by molar-refractivity contribution is -0.141. The van der Waals surface area contributed by atoms with Crippen LogP contribution in [0.15, 0.2) is 59.5 Å². The van der Waals surface area contributed by atoms with Gasteiger partial charge in [-0.05, 0) is 43.0 Å². The molecule has 3 aliphatic rings. The fourth-order valence-electron chi connectivity index (χ4n) is 8.20. The summed E-state index contributed by atoms with van der Waals surface area (Å²) >= 11 is 14.1. The Morgan fingerprint density at radius 1 is 1.02 bits per heavy atom. The number of carbonyl (C=O) groups is 1. The number of urea groups is 1. The number of methoxy groups -OCH3 is 2. The maximum Gasteiger partial charge on any atom is 0.433 e. The second-order valence-electron chi connectivity index (χ2n) is 14.3. The molecule has 17 heteroatoms. The molecule has 8 rings (SSSR count). The molecule has 2 atom stereocenters. The van der Waals surface area contributed by atoms with E-state index < -0.39 is 17.4 Å². The molecular formula is C39H37Cl2F3N8O4. The predicted molar refractivity (Wildman–Crippen MR) is 207 cm³/mol. The van der Waals surface area contributed by atoms with Crippen LogP contribution >= 0.6 is 23.2 Å². The van der Waals surface area contributed by atoms with Crippen molar-refractivity contribution in [3.8, 4) is 28.3 Å². The quantitative estimate of drug-likeness (QED) is 0.159. The van der Waals surface area contributed by atoms with Crippen LogP contribution in [0.5, 0.6) is 5.88 Å². The first-order valence-corrected chi connectivity index (χ1v) is 18.7. The van der Waals surface area contributed by atoms with Crippen LogP contribution in [-0.4, -0.2) is 88.1 Å². The second kappa shape index (κ2) is 14.5. The molecular weight excluding hydrogens is 772 g/mol. The van der Waals surface area contributed by atoms with E-state index in [4.69, 9.17) is 37.7 Å². The van der Waals surface area contributed by atoms with Gasteiger partial charge in [-0.1, -0.05) is 53.5 Å². The van der Waals surface area contributed by atoms with Gasteiger partial charge in [0.15, 0.2) is 0 Å². The van der Waals surface area contributed by atoms with Crippen molar-refractivity contribution in [2.45, 2.75) is 37.0 Å². The summed E-state index contributed by atoms with van der Waals surface area (Å²) in [6.45, 7) is 3.20. The van der Waals surface area contributed by atoms with Gasteiger partial charge in [0.05, 0.1) is 52.3 Å². The van der Waals surface area contributed by atoms with Crippen LogP contribution in [0.3, 0.4) is 0 Å². The molecule has 12 nitrogen and oxygen atoms in total. The molecule has 0 saturated carbocycles. The Hall–Kier alpha value is -4.96. The van der Waals surface area contributed by atoms with Crippen LogP contribution in [0.4, 0.5) is 29.5 Å². The van der Waals surface area contributed by atoms with Gasteiger partial charge >= 0.3 is 12.2 Å². The number of aromatic nitrogens is 4. The van der Waals surface area contributed by atoms with Gasteiger partial charge in [-0.2, -0.15) is 18.3 Å². The Morgan fingerprint density at radius 3 is 2.52 bits per heavy atom. The molecule has 0 radical (unpaired) electrons. The summed E-state index contributed by atoms with van der Waals surface area (Å²) in [7, 11) is 4.63. The van der Waals surface area contributed by atoms with Crippen molar-refractivity contribution in [3.63, 3.8) is 0 Å². The largest absolute Gasteiger partial charge is 0.481 e. The Labute approximate surface area is 329 Å². The first kappa shape index (κ1) is 37.9. The normalized spacial score (nSPS) is 19.6. The summed E-state index contributed by atoms with van der Waals surface area (Å²) in [5, 5.41) is 10.4. The first-order chi connectivity index (χ1) is 26.8. The Balaban J connectivity index is 1.10. The fourth-order valence-corrected chi connectivity index (χ4v) is 8.80. The lowest BCUT2D eigenvalue weighted by atomic mass is 9.99. The zero-order chi connectivity index (χ0) is 39.5. The molecule has 2 amide bonds. The number of anilines is 2. The van der Waals surface area contributed by atoms with Crippen LogP contribution < -0.4 is 20.9 Å². The average molecular weight is 810 g/mol. The molecule has 5 heterocycles. The minimum atomic E-state index is -4.78. The minimum Gasteiger partial charge on any atom is -0.481 e. The van der Waals surface area contributed by atoms with E-state index in [1.807, 2.05) is 23.1 Å². The second-order valence-corrected chi connectivity index (χ2v) is 15.1. The monoisotopic (exact) mass is 808 g/mol. The number of ether oxygens (including phenoxy) is 2. The number of nitrogens with one attached hydrogen (secondary N) is 2. The molecule has 56 heavy (non-hydrogen) atoms. The Kier molecular flexibility index (Phi) is 9.84. The molecule has 3 aromatic heterocycles. The van der Waals surface area contributed by atoms with Gasteiger partial charge in [-0.3, -0.25) is 9.69 Å². The van der Waals surface area contributed by atoms with Crippen LogP contribution in [-0.2, 0) is 24.4 Å². The first-order valence-electron chi connectivity index (χ1n) is 18.0. The van der Waals surface area contributed by atoms with E-state index in [1.165, 1.54) is 13.2 Å². The van der Waals surface area contributed by atoms with Gasteiger partial charge in [0.2, 0.25) is 5.88 Å². The number of carbonyl (C=O) groups excluding carboxylic acids is 1. The summed E-state index contributed by atoms with van der Waals surface area (Å²) in [5.74, 6) is 0.191. The average Bonchev–Trinajstić information content (AvgIpc) is 3.88. The maximum absolute atomic E-state index is 13.9. The highest BCUT2D eigenvalue weighted by Crippen LogP contribution is 2.47. The van der Waals surface area contributed by atoms with Crippen LogP contribution in [0, 0.1) is 0 Å². The van der Waals surface area contributed by atoms with Crippen LogP contribution in [0.25, 0.3) is 33.2 Å². The molecule has 1 spiro atoms. The molecule has 292 valence electrons. The van der Waals surface area contributed by atoms with Crippen LogP contribution in [0.1, 0.15) is 35.7 Å². The third kappa shape index (κ3) is 6.69. The summed E-state index contributed by atoms with van der Waals surface area (Å²) < 4.78 is 53.7. The van der Waals surface area contributed by atoms with Gasteiger partial charge < -0.3 is 25.0 Å². The Bertz CT molecular complexity index is 2450. The van der Waals surface area contributed by atoms with E-state index in [0.29, 0.717) is 59.5 Å². The van der Waals surface area contributed by atoms with Crippen molar-refractivity contribution >= 4 is 51.5 Å². The third-order valence-electron chi connectivity index (χ3n) is 10.9. The number of nitrogens with zero attached hydrogens (tertiary/aromatic N) is 6. The number of likely N-dealkylation sites (tertiary alicyclic amines) is 1. The van der Waals surface area contributed by atoms with Gasteiger partial charge in [0, 0.05) is 74.0 Å². The molecule has 2 N–H and O–H groups in total. The molecule has 1 aliphatic carbocycles. The van der Waals surface area contributed by atoms with E-state index in [1.54, 1.807) is 38.5 Å². The van der Waals surface area contributed by atoms with Crippen LogP contribution in [0.2, 0.25) is 10.0 Å². The summed E-state index contributed by atoms with van der Waals surface area (Å²) in [4.78, 5) is 38.8. The SMILES string of the molecule is COCCN1CC2(CCN(C3CCc4cc(-c5cccc(-c6cccc(Nc7nc(C(F)(F)F)cc8cnn(C)c(=O)c78)c6Cl)c5Cl)nc(OC)c43)C2)NC1=O. The predicted octanol–water partition coefficient (Wildman–Crippen LogP) is 7.24. The van der Waals surface area contributed by atoms with E-state index >= 15 is 0 Å². The zero-order valence-electron chi connectivity index (χ0n) is 30.6. The number of benzene rings is 2. The van der Waals surface area contributed by atoms with Crippen molar-refractivity contribution < 1.29 is 27.4 Å². The van der Waals surface area contributed by atoms with E-state index in [2.05, 4.69) is 25.6 Å². The molecule has 2 aliphatic heterocycles. The van der Waals surface area contributed by atoms with Gasteiger partial charge in [-0.25, -0.2) is 19.4 Å². The molecule has 2 unspecified atom stereocenters. The number of amides is 2. The van der Waals surface area contributed by atoms with Gasteiger partial charge in [0.1, 0.15) is 11.5 Å². The summed E-state index contributed by atoms with van der Waals surface area (Å²) in [5.41, 5.74) is 2.50. The highest BCUT2D eigenvalue weighted by atomic mass is 35.5. The van der Waals surface area contributed by atoms with E-state index in [9.17, 15) is 22.8 Å². The summed E-state index contributed by atoms with van der Waals surface area (Å²) in [6, 6.07) is 13.3. The highest BCUT2D eigenvalue weighted by molar-refractivity contribution is 6.39. The number of aryl methyl sites for hydroxylation is 2. The number of alkyl halides is 3. The number of fused-ring (bicyclic) bond motifs is 2. The Morgan fingerprint density at radius 2 is 1.77 bits per heavy atom. The molecule has 0 bridgehead atoms. The molecule has 2 fully saturated rings. The molecule has 5 aromatic rings. The summed E-state index contributed by atoms with van der Waals surface area (Å²) in [6.07, 6.45) is -1.08. The van der Waals surface area contributed by atoms with Crippen molar-refractivity contribution in [2.75, 3.05) is 52.3 Å². The standard InChI is InChI=1S/C39H37Cl2F3N8O4/c1-50-36(53)31-22(18-45-50)17-29(39(42,43)44)48-34(31)46-26-9-5-7-24(33(26)41)23-6-4-8-25(32(23)40)27-16-21-10-11-28(30(21)35(47-27)56-3)51-13-12-38(19-51)20-52(14-15-55-2)37(54)49-38/h4-9,16-18,28H,10-15,19-20H2,1-3H3,(H,46,48)(H,49,54). The number of pyridine rings is 2. The number of halogens is 5. The molecule has 2 saturated heterocycles. The molecule has 2 aromatic carbocycles. The van der Waals surface area contributed by atoms with E-state index in [-0.39, 0.29) is 44.9 Å². The minimum absolute atomic E-state index is 0.0266. The smallest absolute Gasteiger partial charge is 0.433 e.